The molecular weight excluding hydrogens is 289 g/mol. The lowest BCUT2D eigenvalue weighted by molar-refractivity contribution is -0.148. The van der Waals surface area contributed by atoms with Gasteiger partial charge in [-0.3, -0.25) is 10.1 Å². The number of ether oxygens (including phenoxy) is 1. The lowest BCUT2D eigenvalue weighted by atomic mass is 9.95. The maximum atomic E-state index is 12.9. The Kier molecular flexibility index (Phi) is 6.68. The maximum absolute atomic E-state index is 12.9. The van der Waals surface area contributed by atoms with Crippen LogP contribution in [0, 0.1) is 5.82 Å². The number of methoxy groups -OCH3 is 1. The molecule has 118 valence electrons. The van der Waals surface area contributed by atoms with Crippen LogP contribution in [0.3, 0.4) is 0 Å². The van der Waals surface area contributed by atoms with Crippen LogP contribution in [0.15, 0.2) is 29.2 Å². The predicted octanol–water partition coefficient (Wildman–Crippen LogP) is 3.63. The van der Waals surface area contributed by atoms with Gasteiger partial charge in [-0.2, -0.15) is 0 Å². The summed E-state index contributed by atoms with van der Waals surface area (Å²) in [4.78, 5) is 13.0. The van der Waals surface area contributed by atoms with E-state index in [1.807, 2.05) is 20.8 Å². The third-order valence-electron chi connectivity index (χ3n) is 3.09. The van der Waals surface area contributed by atoms with E-state index in [2.05, 4.69) is 12.2 Å². The smallest absolute Gasteiger partial charge is 0.325 e. The topological polar surface area (TPSA) is 38.3 Å². The molecule has 1 rings (SSSR count). The van der Waals surface area contributed by atoms with E-state index < -0.39 is 5.54 Å². The molecule has 0 aromatic heterocycles. The number of nitrogens with one attached hydrogen (secondary N) is 1. The van der Waals surface area contributed by atoms with Crippen LogP contribution >= 0.6 is 11.8 Å². The number of thioether (sulfide) groups is 1. The van der Waals surface area contributed by atoms with Crippen LogP contribution in [0.5, 0.6) is 0 Å². The molecule has 0 radical (unpaired) electrons. The molecule has 1 aromatic carbocycles. The Labute approximate surface area is 130 Å². The van der Waals surface area contributed by atoms with Gasteiger partial charge >= 0.3 is 5.97 Å². The Hall–Kier alpha value is -1.07. The zero-order valence-electron chi connectivity index (χ0n) is 13.3. The van der Waals surface area contributed by atoms with E-state index in [0.29, 0.717) is 6.42 Å². The van der Waals surface area contributed by atoms with E-state index in [4.69, 9.17) is 4.74 Å². The summed E-state index contributed by atoms with van der Waals surface area (Å²) in [5.74, 6) is -0.504. The third-order valence-corrected chi connectivity index (χ3v) is 4.20. The molecule has 0 amide bonds. The number of halogens is 1. The Bertz CT molecular complexity index is 464. The number of carbonyl (C=O) groups excluding carboxylic acids is 1. The quantitative estimate of drug-likeness (QED) is 0.616. The molecule has 0 heterocycles. The second kappa shape index (κ2) is 7.80. The minimum atomic E-state index is -0.727. The zero-order valence-corrected chi connectivity index (χ0v) is 14.1. The summed E-state index contributed by atoms with van der Waals surface area (Å²) >= 11 is 1.62. The van der Waals surface area contributed by atoms with Gasteiger partial charge in [-0.25, -0.2) is 4.39 Å². The minimum absolute atomic E-state index is 0.178. The highest BCUT2D eigenvalue weighted by Crippen LogP contribution is 2.29. The first-order valence-corrected chi connectivity index (χ1v) is 7.93. The normalized spacial score (nSPS) is 15.6. The van der Waals surface area contributed by atoms with Crippen molar-refractivity contribution in [2.24, 2.45) is 0 Å². The average molecular weight is 313 g/mol. The first-order valence-electron chi connectivity index (χ1n) is 7.05. The Morgan fingerprint density at radius 1 is 1.33 bits per heavy atom. The standard InChI is InChI=1S/C16H24FNO2S/c1-11(2)18-16(4,15(19)20-5)10-12(3)21-14-8-6-13(17)7-9-14/h6-9,11-12,18H,10H2,1-5H3. The second-order valence-corrected chi connectivity index (χ2v) is 7.22. The lowest BCUT2D eigenvalue weighted by Gasteiger charge is -2.32. The van der Waals surface area contributed by atoms with Crippen molar-refractivity contribution in [1.29, 1.82) is 0 Å². The number of rotatable bonds is 7. The van der Waals surface area contributed by atoms with Crippen LogP contribution < -0.4 is 5.32 Å². The lowest BCUT2D eigenvalue weighted by Crippen LogP contribution is -2.54. The van der Waals surface area contributed by atoms with Gasteiger partial charge in [0.25, 0.3) is 0 Å². The van der Waals surface area contributed by atoms with Gasteiger partial charge in [0, 0.05) is 16.2 Å². The highest BCUT2D eigenvalue weighted by molar-refractivity contribution is 7.99. The molecule has 5 heteroatoms. The van der Waals surface area contributed by atoms with Crippen molar-refractivity contribution in [3.05, 3.63) is 30.1 Å². The van der Waals surface area contributed by atoms with E-state index in [1.54, 1.807) is 23.9 Å². The van der Waals surface area contributed by atoms with Crippen molar-refractivity contribution in [1.82, 2.24) is 5.32 Å². The van der Waals surface area contributed by atoms with Gasteiger partial charge in [-0.15, -0.1) is 11.8 Å². The fourth-order valence-corrected chi connectivity index (χ4v) is 3.60. The summed E-state index contributed by atoms with van der Waals surface area (Å²) in [6, 6.07) is 6.57. The molecule has 0 saturated carbocycles. The molecule has 0 saturated heterocycles. The zero-order chi connectivity index (χ0) is 16.0. The summed E-state index contributed by atoms with van der Waals surface area (Å²) in [7, 11) is 1.40. The summed E-state index contributed by atoms with van der Waals surface area (Å²) in [5, 5.41) is 3.47. The first kappa shape index (κ1) is 18.0. The van der Waals surface area contributed by atoms with Gasteiger partial charge < -0.3 is 4.74 Å². The summed E-state index contributed by atoms with van der Waals surface area (Å²) in [6.07, 6.45) is 0.625. The molecule has 21 heavy (non-hydrogen) atoms. The number of carbonyl (C=O) groups is 1. The maximum Gasteiger partial charge on any atom is 0.325 e. The summed E-state index contributed by atoms with van der Waals surface area (Å²) in [6.45, 7) is 7.91. The van der Waals surface area contributed by atoms with E-state index in [0.717, 1.165) is 4.90 Å². The van der Waals surface area contributed by atoms with E-state index in [1.165, 1.54) is 19.2 Å². The first-order chi connectivity index (χ1) is 9.76. The van der Waals surface area contributed by atoms with Crippen molar-refractivity contribution in [3.8, 4) is 0 Å². The number of benzene rings is 1. The van der Waals surface area contributed by atoms with Crippen LogP contribution in [-0.4, -0.2) is 29.9 Å². The molecule has 2 unspecified atom stereocenters. The Morgan fingerprint density at radius 3 is 2.38 bits per heavy atom. The molecule has 2 atom stereocenters. The molecule has 0 aliphatic heterocycles. The van der Waals surface area contributed by atoms with E-state index in [-0.39, 0.29) is 23.1 Å². The number of hydrogen-bond acceptors (Lipinski definition) is 4. The molecule has 0 bridgehead atoms. The van der Waals surface area contributed by atoms with Gasteiger partial charge in [0.05, 0.1) is 7.11 Å². The summed E-state index contributed by atoms with van der Waals surface area (Å²) in [5.41, 5.74) is -0.727. The number of esters is 1. The molecule has 0 spiro atoms. The SMILES string of the molecule is COC(=O)C(C)(CC(C)Sc1ccc(F)cc1)NC(C)C. The molecule has 1 aromatic rings. The van der Waals surface area contributed by atoms with E-state index >= 15 is 0 Å². The minimum Gasteiger partial charge on any atom is -0.468 e. The predicted molar refractivity (Wildman–Crippen MR) is 85.0 cm³/mol. The van der Waals surface area contributed by atoms with Gasteiger partial charge in [0.1, 0.15) is 11.4 Å². The third kappa shape index (κ3) is 5.67. The highest BCUT2D eigenvalue weighted by Gasteiger charge is 2.36. The fourth-order valence-electron chi connectivity index (χ4n) is 2.43. The van der Waals surface area contributed by atoms with Crippen LogP contribution in [0.4, 0.5) is 4.39 Å². The largest absolute Gasteiger partial charge is 0.468 e. The molecule has 3 nitrogen and oxygen atoms in total. The van der Waals surface area contributed by atoms with Gasteiger partial charge in [0.2, 0.25) is 0 Å². The average Bonchev–Trinajstić information content (AvgIpc) is 2.39. The van der Waals surface area contributed by atoms with Crippen LogP contribution in [0.2, 0.25) is 0 Å². The highest BCUT2D eigenvalue weighted by atomic mass is 32.2. The van der Waals surface area contributed by atoms with Gasteiger partial charge in [-0.1, -0.05) is 6.92 Å². The van der Waals surface area contributed by atoms with Crippen LogP contribution in [0.1, 0.15) is 34.1 Å². The summed E-state index contributed by atoms with van der Waals surface area (Å²) < 4.78 is 17.8. The Balaban J connectivity index is 2.73. The van der Waals surface area contributed by atoms with Crippen molar-refractivity contribution in [3.63, 3.8) is 0 Å². The molecular formula is C16H24FNO2S. The van der Waals surface area contributed by atoms with Crippen molar-refractivity contribution < 1.29 is 13.9 Å². The fraction of sp³-hybridized carbons (Fsp3) is 0.562. The molecule has 0 aliphatic carbocycles. The molecule has 0 fully saturated rings. The molecule has 1 N–H and O–H groups in total. The monoisotopic (exact) mass is 313 g/mol. The van der Waals surface area contributed by atoms with Gasteiger partial charge in [0.15, 0.2) is 0 Å². The van der Waals surface area contributed by atoms with Crippen molar-refractivity contribution in [2.75, 3.05) is 7.11 Å². The second-order valence-electron chi connectivity index (χ2n) is 5.71. The molecule has 0 aliphatic rings. The Morgan fingerprint density at radius 2 is 1.90 bits per heavy atom. The van der Waals surface area contributed by atoms with Crippen LogP contribution in [0.25, 0.3) is 0 Å². The van der Waals surface area contributed by atoms with Crippen molar-refractivity contribution in [2.45, 2.75) is 55.8 Å². The van der Waals surface area contributed by atoms with Crippen molar-refractivity contribution >= 4 is 17.7 Å². The van der Waals surface area contributed by atoms with Gasteiger partial charge in [-0.05, 0) is 51.5 Å². The van der Waals surface area contributed by atoms with Crippen LogP contribution in [-0.2, 0) is 9.53 Å². The number of hydrogen-bond donors (Lipinski definition) is 1. The van der Waals surface area contributed by atoms with E-state index in [9.17, 15) is 9.18 Å².